The molecule has 8 heteroatoms. The van der Waals surface area contributed by atoms with Gasteiger partial charge in [-0.1, -0.05) is 0 Å². The molecular weight excluding hydrogens is 368 g/mol. The van der Waals surface area contributed by atoms with Crippen molar-refractivity contribution in [1.82, 2.24) is 20.2 Å². The van der Waals surface area contributed by atoms with Crippen LogP contribution in [0.25, 0.3) is 22.3 Å². The highest BCUT2D eigenvalue weighted by Crippen LogP contribution is 2.39. The molecule has 6 rings (SSSR count). The van der Waals surface area contributed by atoms with Crippen LogP contribution >= 0.6 is 0 Å². The van der Waals surface area contributed by atoms with Gasteiger partial charge in [0.25, 0.3) is 0 Å². The maximum absolute atomic E-state index is 5.69. The SMILES string of the molecule is c1cc(-c2nccc3c(N4C[C@H]5COC[C@H]5C4)cc(N4CCOCC4)nc23)[nH]n1. The largest absolute Gasteiger partial charge is 0.381 e. The lowest BCUT2D eigenvalue weighted by Gasteiger charge is -2.30. The molecule has 0 amide bonds. The predicted molar refractivity (Wildman–Crippen MR) is 110 cm³/mol. The van der Waals surface area contributed by atoms with Gasteiger partial charge in [0, 0.05) is 67.5 Å². The highest BCUT2D eigenvalue weighted by Gasteiger charge is 2.38. The van der Waals surface area contributed by atoms with Gasteiger partial charge in [-0.15, -0.1) is 0 Å². The maximum atomic E-state index is 5.69. The molecule has 1 N–H and O–H groups in total. The summed E-state index contributed by atoms with van der Waals surface area (Å²) in [5.74, 6) is 2.25. The van der Waals surface area contributed by atoms with E-state index in [1.54, 1.807) is 6.20 Å². The van der Waals surface area contributed by atoms with Crippen molar-refractivity contribution in [3.63, 3.8) is 0 Å². The van der Waals surface area contributed by atoms with E-state index in [0.717, 1.165) is 80.7 Å². The molecule has 0 bridgehead atoms. The lowest BCUT2D eigenvalue weighted by molar-refractivity contribution is 0.122. The molecule has 2 atom stereocenters. The topological polar surface area (TPSA) is 79.4 Å². The molecule has 29 heavy (non-hydrogen) atoms. The Bertz CT molecular complexity index is 1010. The van der Waals surface area contributed by atoms with Crippen molar-refractivity contribution in [3.8, 4) is 11.4 Å². The third-order valence-electron chi connectivity index (χ3n) is 6.36. The summed E-state index contributed by atoms with van der Waals surface area (Å²) >= 11 is 0. The second-order valence-corrected chi connectivity index (χ2v) is 8.09. The molecule has 3 aliphatic heterocycles. The number of anilines is 2. The Labute approximate surface area is 168 Å². The molecule has 0 unspecified atom stereocenters. The van der Waals surface area contributed by atoms with E-state index in [4.69, 9.17) is 14.5 Å². The first-order chi connectivity index (χ1) is 14.4. The monoisotopic (exact) mass is 392 g/mol. The van der Waals surface area contributed by atoms with Gasteiger partial charge in [-0.05, 0) is 12.1 Å². The molecule has 0 aromatic carbocycles. The van der Waals surface area contributed by atoms with E-state index in [0.29, 0.717) is 11.8 Å². The normalized spacial score (nSPS) is 24.4. The molecule has 6 heterocycles. The second-order valence-electron chi connectivity index (χ2n) is 8.09. The lowest BCUT2D eigenvalue weighted by Crippen LogP contribution is -2.37. The number of aromatic amines is 1. The molecule has 3 aromatic heterocycles. The van der Waals surface area contributed by atoms with Crippen LogP contribution in [0.1, 0.15) is 0 Å². The number of morpholine rings is 1. The Morgan fingerprint density at radius 3 is 2.55 bits per heavy atom. The highest BCUT2D eigenvalue weighted by molar-refractivity contribution is 6.00. The molecule has 3 aromatic rings. The van der Waals surface area contributed by atoms with Crippen molar-refractivity contribution in [3.05, 3.63) is 30.6 Å². The number of nitrogens with zero attached hydrogens (tertiary/aromatic N) is 5. The number of ether oxygens (including phenoxy) is 2. The van der Waals surface area contributed by atoms with E-state index < -0.39 is 0 Å². The van der Waals surface area contributed by atoms with Gasteiger partial charge in [-0.25, -0.2) is 4.98 Å². The van der Waals surface area contributed by atoms with E-state index in [2.05, 4.69) is 37.1 Å². The minimum Gasteiger partial charge on any atom is -0.381 e. The first kappa shape index (κ1) is 17.2. The molecule has 0 aliphatic carbocycles. The van der Waals surface area contributed by atoms with Gasteiger partial charge in [0.15, 0.2) is 0 Å². The van der Waals surface area contributed by atoms with Crippen molar-refractivity contribution in [2.45, 2.75) is 0 Å². The summed E-state index contributed by atoms with van der Waals surface area (Å²) in [6.07, 6.45) is 3.63. The van der Waals surface area contributed by atoms with E-state index in [9.17, 15) is 0 Å². The number of rotatable bonds is 3. The number of nitrogens with one attached hydrogen (secondary N) is 1. The molecular formula is C21H24N6O2. The zero-order valence-corrected chi connectivity index (χ0v) is 16.3. The van der Waals surface area contributed by atoms with Crippen LogP contribution in [-0.4, -0.2) is 72.8 Å². The van der Waals surface area contributed by atoms with Gasteiger partial charge in [-0.2, -0.15) is 5.10 Å². The van der Waals surface area contributed by atoms with Crippen molar-refractivity contribution in [2.24, 2.45) is 11.8 Å². The van der Waals surface area contributed by atoms with Crippen LogP contribution in [0.4, 0.5) is 11.5 Å². The van der Waals surface area contributed by atoms with Gasteiger partial charge in [-0.3, -0.25) is 10.1 Å². The van der Waals surface area contributed by atoms with E-state index >= 15 is 0 Å². The minimum atomic E-state index is 0.624. The van der Waals surface area contributed by atoms with Crippen molar-refractivity contribution in [2.75, 3.05) is 62.4 Å². The fourth-order valence-corrected chi connectivity index (χ4v) is 4.81. The summed E-state index contributed by atoms with van der Waals surface area (Å²) in [7, 11) is 0. The average molecular weight is 392 g/mol. The van der Waals surface area contributed by atoms with Crippen LogP contribution in [0.2, 0.25) is 0 Å². The van der Waals surface area contributed by atoms with E-state index in [1.165, 1.54) is 5.69 Å². The van der Waals surface area contributed by atoms with Gasteiger partial charge >= 0.3 is 0 Å². The standard InChI is InChI=1S/C21H24N6O2/c1-3-22-21(17-2-4-23-25-17)20-16(1)18(27-10-14-12-29-13-15(14)11-27)9-19(24-20)26-5-7-28-8-6-26/h1-4,9,14-15H,5-8,10-13H2,(H,23,25)/t14-,15+. The molecule has 0 radical (unpaired) electrons. The Balaban J connectivity index is 1.51. The van der Waals surface area contributed by atoms with Crippen LogP contribution in [0.15, 0.2) is 30.6 Å². The third-order valence-corrected chi connectivity index (χ3v) is 6.36. The molecule has 3 fully saturated rings. The zero-order chi connectivity index (χ0) is 19.2. The average Bonchev–Trinajstić information content (AvgIpc) is 3.51. The number of aromatic nitrogens is 4. The summed E-state index contributed by atoms with van der Waals surface area (Å²) in [5, 5.41) is 8.30. The van der Waals surface area contributed by atoms with Crippen molar-refractivity contribution in [1.29, 1.82) is 0 Å². The Kier molecular flexibility index (Phi) is 4.12. The van der Waals surface area contributed by atoms with Gasteiger partial charge in [0.1, 0.15) is 17.0 Å². The molecule has 3 aliphatic rings. The fourth-order valence-electron chi connectivity index (χ4n) is 4.81. The predicted octanol–water partition coefficient (Wildman–Crippen LogP) is 1.94. The fraction of sp³-hybridized carbons (Fsp3) is 0.476. The minimum absolute atomic E-state index is 0.624. The van der Waals surface area contributed by atoms with Gasteiger partial charge < -0.3 is 19.3 Å². The summed E-state index contributed by atoms with van der Waals surface area (Å²) in [6.45, 7) is 7.01. The Hall–Kier alpha value is -2.71. The molecule has 8 nitrogen and oxygen atoms in total. The van der Waals surface area contributed by atoms with Crippen LogP contribution in [0, 0.1) is 11.8 Å². The first-order valence-electron chi connectivity index (χ1n) is 10.3. The quantitative estimate of drug-likeness (QED) is 0.730. The van der Waals surface area contributed by atoms with Crippen LogP contribution in [0.5, 0.6) is 0 Å². The van der Waals surface area contributed by atoms with E-state index in [1.807, 2.05) is 12.3 Å². The number of pyridine rings is 2. The number of fused-ring (bicyclic) bond motifs is 2. The van der Waals surface area contributed by atoms with Crippen LogP contribution in [0.3, 0.4) is 0 Å². The lowest BCUT2D eigenvalue weighted by atomic mass is 10.0. The third kappa shape index (κ3) is 2.94. The molecule has 150 valence electrons. The second kappa shape index (κ2) is 6.96. The highest BCUT2D eigenvalue weighted by atomic mass is 16.5. The Morgan fingerprint density at radius 1 is 0.966 bits per heavy atom. The van der Waals surface area contributed by atoms with Crippen molar-refractivity contribution < 1.29 is 9.47 Å². The van der Waals surface area contributed by atoms with Crippen LogP contribution < -0.4 is 9.80 Å². The zero-order valence-electron chi connectivity index (χ0n) is 16.3. The summed E-state index contributed by atoms with van der Waals surface area (Å²) in [6, 6.07) is 6.29. The van der Waals surface area contributed by atoms with Crippen LogP contribution in [-0.2, 0) is 9.47 Å². The van der Waals surface area contributed by atoms with Gasteiger partial charge in [0.05, 0.1) is 32.1 Å². The first-order valence-corrected chi connectivity index (χ1v) is 10.3. The summed E-state index contributed by atoms with van der Waals surface area (Å²) < 4.78 is 11.2. The molecule has 3 saturated heterocycles. The number of hydrogen-bond donors (Lipinski definition) is 1. The summed E-state index contributed by atoms with van der Waals surface area (Å²) in [4.78, 5) is 14.5. The van der Waals surface area contributed by atoms with E-state index in [-0.39, 0.29) is 0 Å². The molecule has 0 spiro atoms. The smallest absolute Gasteiger partial charge is 0.131 e. The van der Waals surface area contributed by atoms with Crippen molar-refractivity contribution >= 4 is 22.4 Å². The number of H-pyrrole nitrogens is 1. The number of hydrogen-bond acceptors (Lipinski definition) is 7. The molecule has 0 saturated carbocycles. The maximum Gasteiger partial charge on any atom is 0.131 e. The Morgan fingerprint density at radius 2 is 1.79 bits per heavy atom. The van der Waals surface area contributed by atoms with Gasteiger partial charge in [0.2, 0.25) is 0 Å². The summed E-state index contributed by atoms with van der Waals surface area (Å²) in [5.41, 5.74) is 3.90.